The van der Waals surface area contributed by atoms with Crippen molar-refractivity contribution in [2.24, 2.45) is 0 Å². The number of rotatable bonds is 8. The van der Waals surface area contributed by atoms with Crippen LogP contribution in [0.5, 0.6) is 0 Å². The molecule has 2 aromatic heterocycles. The van der Waals surface area contributed by atoms with Gasteiger partial charge in [-0.15, -0.1) is 10.2 Å². The molecule has 0 bridgehead atoms. The number of hydrogen-bond donors (Lipinski definition) is 1. The Balaban J connectivity index is 1.50. The van der Waals surface area contributed by atoms with Crippen LogP contribution < -0.4 is 5.32 Å². The van der Waals surface area contributed by atoms with Gasteiger partial charge in [-0.05, 0) is 47.9 Å². The Labute approximate surface area is 189 Å². The summed E-state index contributed by atoms with van der Waals surface area (Å²) in [5.41, 5.74) is 2.29. The second kappa shape index (κ2) is 9.82. The first kappa shape index (κ1) is 21.8. The molecule has 0 radical (unpaired) electrons. The number of carbonyl (C=O) groups is 1. The maximum atomic E-state index is 14.4. The predicted molar refractivity (Wildman–Crippen MR) is 123 cm³/mol. The molecule has 0 atom stereocenters. The molecule has 0 aliphatic carbocycles. The Morgan fingerprint density at radius 1 is 1.09 bits per heavy atom. The zero-order chi connectivity index (χ0) is 22.5. The van der Waals surface area contributed by atoms with E-state index in [0.717, 1.165) is 5.69 Å². The number of hydrogen-bond acceptors (Lipinski definition) is 5. The number of nitrogens with one attached hydrogen (secondary N) is 1. The summed E-state index contributed by atoms with van der Waals surface area (Å²) >= 11 is 1.24. The number of halogens is 1. The molecule has 1 amide bonds. The van der Waals surface area contributed by atoms with E-state index in [9.17, 15) is 9.18 Å². The van der Waals surface area contributed by atoms with Gasteiger partial charge in [0.25, 0.3) is 0 Å². The summed E-state index contributed by atoms with van der Waals surface area (Å²) in [4.78, 5) is 12.5. The van der Waals surface area contributed by atoms with Crippen LogP contribution in [0.3, 0.4) is 0 Å². The number of amides is 1. The van der Waals surface area contributed by atoms with E-state index in [4.69, 9.17) is 4.42 Å². The number of furan rings is 1. The molecule has 0 saturated heterocycles. The second-order valence-corrected chi connectivity index (χ2v) is 8.51. The van der Waals surface area contributed by atoms with E-state index in [0.29, 0.717) is 34.8 Å². The minimum absolute atomic E-state index is 0.138. The van der Waals surface area contributed by atoms with E-state index in [-0.39, 0.29) is 17.5 Å². The van der Waals surface area contributed by atoms with Crippen LogP contribution in [0.25, 0.3) is 11.4 Å². The Kier molecular flexibility index (Phi) is 6.70. The minimum Gasteiger partial charge on any atom is -0.467 e. The van der Waals surface area contributed by atoms with Crippen LogP contribution in [0, 0.1) is 5.82 Å². The Morgan fingerprint density at radius 3 is 2.56 bits per heavy atom. The summed E-state index contributed by atoms with van der Waals surface area (Å²) in [7, 11) is 0. The number of thioether (sulfide) groups is 1. The van der Waals surface area contributed by atoms with Crippen LogP contribution in [-0.2, 0) is 11.3 Å². The van der Waals surface area contributed by atoms with E-state index in [1.165, 1.54) is 23.4 Å². The van der Waals surface area contributed by atoms with Crippen LogP contribution in [0.4, 0.5) is 10.1 Å². The third kappa shape index (κ3) is 5.08. The summed E-state index contributed by atoms with van der Waals surface area (Å²) in [6, 6.07) is 17.8. The molecule has 164 valence electrons. The molecular formula is C24H23FN4O2S. The average Bonchev–Trinajstić information content (AvgIpc) is 3.44. The largest absolute Gasteiger partial charge is 0.467 e. The highest BCUT2D eigenvalue weighted by atomic mass is 32.2. The molecule has 0 unspecified atom stereocenters. The minimum atomic E-state index is -0.389. The first-order valence-electron chi connectivity index (χ1n) is 10.2. The summed E-state index contributed by atoms with van der Waals surface area (Å²) in [6.07, 6.45) is 1.58. The smallest absolute Gasteiger partial charge is 0.234 e. The van der Waals surface area contributed by atoms with Gasteiger partial charge < -0.3 is 9.73 Å². The van der Waals surface area contributed by atoms with Crippen molar-refractivity contribution in [2.75, 3.05) is 11.1 Å². The third-order valence-corrected chi connectivity index (χ3v) is 5.89. The van der Waals surface area contributed by atoms with Gasteiger partial charge in [-0.3, -0.25) is 9.36 Å². The number of anilines is 1. The van der Waals surface area contributed by atoms with E-state index in [1.807, 2.05) is 30.3 Å². The molecule has 4 rings (SSSR count). The SMILES string of the molecule is CC(C)c1ccc(NC(=O)CSc2nnc(-c3ccccc3F)n2Cc2ccco2)cc1. The van der Waals surface area contributed by atoms with Gasteiger partial charge in [0.1, 0.15) is 11.6 Å². The average molecular weight is 451 g/mol. The van der Waals surface area contributed by atoms with Gasteiger partial charge in [0, 0.05) is 5.69 Å². The fourth-order valence-electron chi connectivity index (χ4n) is 3.22. The molecule has 0 fully saturated rings. The van der Waals surface area contributed by atoms with Gasteiger partial charge in [0.2, 0.25) is 5.91 Å². The van der Waals surface area contributed by atoms with Crippen molar-refractivity contribution in [3.05, 3.63) is 84.1 Å². The first-order valence-corrected chi connectivity index (χ1v) is 11.2. The topological polar surface area (TPSA) is 73.0 Å². The van der Waals surface area contributed by atoms with Crippen molar-refractivity contribution >= 4 is 23.4 Å². The monoisotopic (exact) mass is 450 g/mol. The van der Waals surface area contributed by atoms with Gasteiger partial charge in [-0.25, -0.2) is 4.39 Å². The molecule has 2 heterocycles. The highest BCUT2D eigenvalue weighted by molar-refractivity contribution is 7.99. The zero-order valence-corrected chi connectivity index (χ0v) is 18.6. The van der Waals surface area contributed by atoms with Crippen LogP contribution in [0.1, 0.15) is 31.1 Å². The van der Waals surface area contributed by atoms with E-state index < -0.39 is 0 Å². The molecule has 32 heavy (non-hydrogen) atoms. The molecule has 4 aromatic rings. The summed E-state index contributed by atoms with van der Waals surface area (Å²) in [6.45, 7) is 4.57. The van der Waals surface area contributed by atoms with Crippen molar-refractivity contribution in [1.82, 2.24) is 14.8 Å². The first-order chi connectivity index (χ1) is 15.5. The Bertz CT molecular complexity index is 1190. The lowest BCUT2D eigenvalue weighted by Gasteiger charge is -2.10. The molecule has 0 aliphatic heterocycles. The number of carbonyl (C=O) groups excluding carboxylic acids is 1. The van der Waals surface area contributed by atoms with Crippen molar-refractivity contribution in [2.45, 2.75) is 31.5 Å². The number of nitrogens with zero attached hydrogens (tertiary/aromatic N) is 3. The Hall–Kier alpha value is -3.39. The van der Waals surface area contributed by atoms with E-state index in [1.54, 1.807) is 35.1 Å². The van der Waals surface area contributed by atoms with Crippen molar-refractivity contribution < 1.29 is 13.6 Å². The predicted octanol–water partition coefficient (Wildman–Crippen LogP) is 5.58. The lowest BCUT2D eigenvalue weighted by molar-refractivity contribution is -0.113. The maximum absolute atomic E-state index is 14.4. The maximum Gasteiger partial charge on any atom is 0.234 e. The fraction of sp³-hybridized carbons (Fsp3) is 0.208. The van der Waals surface area contributed by atoms with E-state index in [2.05, 4.69) is 29.4 Å². The van der Waals surface area contributed by atoms with Crippen LogP contribution >= 0.6 is 11.8 Å². The molecule has 0 spiro atoms. The molecular weight excluding hydrogens is 427 g/mol. The second-order valence-electron chi connectivity index (χ2n) is 7.57. The third-order valence-electron chi connectivity index (χ3n) is 4.92. The van der Waals surface area contributed by atoms with Crippen LogP contribution in [-0.4, -0.2) is 26.4 Å². The quantitative estimate of drug-likeness (QED) is 0.355. The fourth-order valence-corrected chi connectivity index (χ4v) is 3.95. The van der Waals surface area contributed by atoms with Crippen LogP contribution in [0.2, 0.25) is 0 Å². The van der Waals surface area contributed by atoms with Gasteiger partial charge in [-0.2, -0.15) is 0 Å². The number of aromatic nitrogens is 3. The highest BCUT2D eigenvalue weighted by Crippen LogP contribution is 2.27. The summed E-state index contributed by atoms with van der Waals surface area (Å²) < 4.78 is 21.6. The van der Waals surface area contributed by atoms with E-state index >= 15 is 0 Å². The van der Waals surface area contributed by atoms with Crippen molar-refractivity contribution in [1.29, 1.82) is 0 Å². The molecule has 0 aliphatic rings. The summed E-state index contributed by atoms with van der Waals surface area (Å²) in [5.74, 6) is 1.08. The van der Waals surface area contributed by atoms with Crippen LogP contribution in [0.15, 0.2) is 76.5 Å². The standard InChI is InChI=1S/C24H23FN4O2S/c1-16(2)17-9-11-18(12-10-17)26-22(30)15-32-24-28-27-23(20-7-3-4-8-21(20)25)29(24)14-19-6-5-13-31-19/h3-13,16H,14-15H2,1-2H3,(H,26,30). The van der Waals surface area contributed by atoms with Gasteiger partial charge in [0.05, 0.1) is 24.1 Å². The normalized spacial score (nSPS) is 11.1. The molecule has 6 nitrogen and oxygen atoms in total. The highest BCUT2D eigenvalue weighted by Gasteiger charge is 2.19. The van der Waals surface area contributed by atoms with Crippen molar-refractivity contribution in [3.63, 3.8) is 0 Å². The van der Waals surface area contributed by atoms with Gasteiger partial charge in [0.15, 0.2) is 11.0 Å². The zero-order valence-electron chi connectivity index (χ0n) is 17.8. The lowest BCUT2D eigenvalue weighted by atomic mass is 10.0. The Morgan fingerprint density at radius 2 is 1.88 bits per heavy atom. The number of benzene rings is 2. The molecule has 1 N–H and O–H groups in total. The molecule has 2 aromatic carbocycles. The summed E-state index contributed by atoms with van der Waals surface area (Å²) in [5, 5.41) is 11.8. The lowest BCUT2D eigenvalue weighted by Crippen LogP contribution is -2.15. The molecule has 8 heteroatoms. The van der Waals surface area contributed by atoms with Gasteiger partial charge >= 0.3 is 0 Å². The van der Waals surface area contributed by atoms with Gasteiger partial charge in [-0.1, -0.05) is 49.9 Å². The molecule has 0 saturated carbocycles. The van der Waals surface area contributed by atoms with Crippen molar-refractivity contribution in [3.8, 4) is 11.4 Å².